The summed E-state index contributed by atoms with van der Waals surface area (Å²) >= 11 is 0. The molecule has 1 atom stereocenters. The lowest BCUT2D eigenvalue weighted by Crippen LogP contribution is -2.20. The summed E-state index contributed by atoms with van der Waals surface area (Å²) in [6, 6.07) is 9.26. The number of amides is 2. The molecule has 1 radical (unpaired) electrons. The standard InChI is InChI=1S/C15H16N3O2/c1-10(7-14(16)19)8-15(20)18-12-4-5-13-11(9-12)3-2-6-17-13/h2-6,8-10H,7H2,1H3,(H2,16,19)(H,18,20)/t10-/m0/s1. The summed E-state index contributed by atoms with van der Waals surface area (Å²) in [5.41, 5.74) is 6.65. The lowest BCUT2D eigenvalue weighted by molar-refractivity contribution is -0.118. The number of nitrogens with two attached hydrogens (primary N) is 1. The van der Waals surface area contributed by atoms with Crippen LogP contribution in [-0.2, 0) is 9.59 Å². The third-order valence-corrected chi connectivity index (χ3v) is 2.83. The van der Waals surface area contributed by atoms with E-state index >= 15 is 0 Å². The first kappa shape index (κ1) is 14.0. The number of primary amides is 1. The average Bonchev–Trinajstić information content (AvgIpc) is 2.37. The van der Waals surface area contributed by atoms with Crippen LogP contribution >= 0.6 is 0 Å². The maximum Gasteiger partial charge on any atom is 0.228 e. The van der Waals surface area contributed by atoms with E-state index in [2.05, 4.69) is 10.3 Å². The van der Waals surface area contributed by atoms with Gasteiger partial charge < -0.3 is 11.1 Å². The summed E-state index contributed by atoms with van der Waals surface area (Å²) in [4.78, 5) is 26.8. The summed E-state index contributed by atoms with van der Waals surface area (Å²) in [6.07, 6.45) is 3.34. The number of fused-ring (bicyclic) bond motifs is 1. The number of hydrogen-bond acceptors (Lipinski definition) is 3. The molecule has 0 bridgehead atoms. The Morgan fingerprint density at radius 1 is 1.40 bits per heavy atom. The largest absolute Gasteiger partial charge is 0.370 e. The van der Waals surface area contributed by atoms with Gasteiger partial charge >= 0.3 is 0 Å². The summed E-state index contributed by atoms with van der Waals surface area (Å²) in [5.74, 6) is -0.852. The van der Waals surface area contributed by atoms with Crippen molar-refractivity contribution in [3.05, 3.63) is 42.9 Å². The highest BCUT2D eigenvalue weighted by Crippen LogP contribution is 2.17. The fraction of sp³-hybridized carbons (Fsp3) is 0.200. The second-order valence-corrected chi connectivity index (χ2v) is 4.71. The fourth-order valence-electron chi connectivity index (χ4n) is 1.97. The van der Waals surface area contributed by atoms with Gasteiger partial charge in [0, 0.05) is 23.7 Å². The molecule has 2 amide bonds. The van der Waals surface area contributed by atoms with E-state index in [0.717, 1.165) is 10.9 Å². The Bertz CT molecular complexity index is 640. The second kappa shape index (κ2) is 6.14. The van der Waals surface area contributed by atoms with E-state index in [-0.39, 0.29) is 18.2 Å². The van der Waals surface area contributed by atoms with Gasteiger partial charge in [-0.25, -0.2) is 0 Å². The summed E-state index contributed by atoms with van der Waals surface area (Å²) in [7, 11) is 0. The fourth-order valence-corrected chi connectivity index (χ4v) is 1.97. The van der Waals surface area contributed by atoms with E-state index in [1.165, 1.54) is 6.42 Å². The molecular weight excluding hydrogens is 254 g/mol. The molecule has 0 fully saturated rings. The molecule has 0 aliphatic heterocycles. The van der Waals surface area contributed by atoms with E-state index in [4.69, 9.17) is 5.73 Å². The first-order valence-corrected chi connectivity index (χ1v) is 6.33. The Morgan fingerprint density at radius 2 is 2.20 bits per heavy atom. The average molecular weight is 270 g/mol. The van der Waals surface area contributed by atoms with Crippen LogP contribution in [0.4, 0.5) is 5.69 Å². The molecule has 0 unspecified atom stereocenters. The molecular formula is C15H16N3O2. The quantitative estimate of drug-likeness (QED) is 0.870. The molecule has 0 spiro atoms. The van der Waals surface area contributed by atoms with Crippen molar-refractivity contribution in [2.24, 2.45) is 11.7 Å². The van der Waals surface area contributed by atoms with Gasteiger partial charge in [-0.15, -0.1) is 0 Å². The third kappa shape index (κ3) is 3.78. The van der Waals surface area contributed by atoms with E-state index < -0.39 is 5.91 Å². The number of benzene rings is 1. The number of carbonyl (C=O) groups excluding carboxylic acids is 2. The zero-order valence-electron chi connectivity index (χ0n) is 11.2. The van der Waals surface area contributed by atoms with Crippen LogP contribution in [0.15, 0.2) is 36.5 Å². The molecule has 5 nitrogen and oxygen atoms in total. The topological polar surface area (TPSA) is 85.1 Å². The SMILES string of the molecule is C[C@H]([CH]C(=O)Nc1ccc2ncccc2c1)CC(N)=O. The molecule has 1 aromatic carbocycles. The van der Waals surface area contributed by atoms with E-state index in [1.807, 2.05) is 24.3 Å². The van der Waals surface area contributed by atoms with E-state index in [1.54, 1.807) is 19.2 Å². The van der Waals surface area contributed by atoms with Crippen LogP contribution in [0.2, 0.25) is 0 Å². The van der Waals surface area contributed by atoms with Crippen LogP contribution in [0, 0.1) is 12.3 Å². The number of aromatic nitrogens is 1. The first-order chi connectivity index (χ1) is 9.54. The van der Waals surface area contributed by atoms with Crippen LogP contribution < -0.4 is 11.1 Å². The van der Waals surface area contributed by atoms with E-state index in [9.17, 15) is 9.59 Å². The molecule has 3 N–H and O–H groups in total. The molecule has 0 saturated heterocycles. The molecule has 0 aliphatic carbocycles. The van der Waals surface area contributed by atoms with Crippen LogP contribution in [0.1, 0.15) is 13.3 Å². The summed E-state index contributed by atoms with van der Waals surface area (Å²) in [6.45, 7) is 1.77. The molecule has 1 aromatic heterocycles. The second-order valence-electron chi connectivity index (χ2n) is 4.71. The highest BCUT2D eigenvalue weighted by Gasteiger charge is 2.12. The van der Waals surface area contributed by atoms with Crippen molar-refractivity contribution in [3.63, 3.8) is 0 Å². The van der Waals surface area contributed by atoms with Gasteiger partial charge in [0.1, 0.15) is 0 Å². The number of carbonyl (C=O) groups is 2. The lowest BCUT2D eigenvalue weighted by atomic mass is 10.0. The van der Waals surface area contributed by atoms with Gasteiger partial charge in [-0.2, -0.15) is 0 Å². The van der Waals surface area contributed by atoms with Gasteiger partial charge in [0.15, 0.2) is 0 Å². The van der Waals surface area contributed by atoms with Crippen molar-refractivity contribution < 1.29 is 9.59 Å². The summed E-state index contributed by atoms with van der Waals surface area (Å²) < 4.78 is 0. The maximum absolute atomic E-state index is 11.8. The molecule has 20 heavy (non-hydrogen) atoms. The highest BCUT2D eigenvalue weighted by atomic mass is 16.2. The van der Waals surface area contributed by atoms with Crippen LogP contribution in [0.3, 0.4) is 0 Å². The van der Waals surface area contributed by atoms with Gasteiger partial charge in [0.25, 0.3) is 0 Å². The molecule has 0 aliphatic rings. The van der Waals surface area contributed by atoms with Crippen molar-refractivity contribution in [2.45, 2.75) is 13.3 Å². The highest BCUT2D eigenvalue weighted by molar-refractivity contribution is 5.99. The monoisotopic (exact) mass is 270 g/mol. The molecule has 0 saturated carbocycles. The molecule has 103 valence electrons. The minimum Gasteiger partial charge on any atom is -0.370 e. The van der Waals surface area contributed by atoms with Crippen molar-refractivity contribution >= 4 is 28.4 Å². The third-order valence-electron chi connectivity index (χ3n) is 2.83. The van der Waals surface area contributed by atoms with Crippen LogP contribution in [0.25, 0.3) is 10.9 Å². The number of pyridine rings is 1. The van der Waals surface area contributed by atoms with Gasteiger partial charge in [-0.3, -0.25) is 14.6 Å². The number of hydrogen-bond donors (Lipinski definition) is 2. The number of nitrogens with zero attached hydrogens (tertiary/aromatic N) is 1. The maximum atomic E-state index is 11.8. The zero-order chi connectivity index (χ0) is 14.5. The smallest absolute Gasteiger partial charge is 0.228 e. The van der Waals surface area contributed by atoms with Crippen molar-refractivity contribution in [3.8, 4) is 0 Å². The van der Waals surface area contributed by atoms with Crippen molar-refractivity contribution in [2.75, 3.05) is 5.32 Å². The predicted molar refractivity (Wildman–Crippen MR) is 77.6 cm³/mol. The van der Waals surface area contributed by atoms with Crippen LogP contribution in [-0.4, -0.2) is 16.8 Å². The number of nitrogens with one attached hydrogen (secondary N) is 1. The summed E-state index contributed by atoms with van der Waals surface area (Å²) in [5, 5.41) is 3.72. The number of anilines is 1. The molecule has 1 heterocycles. The number of rotatable bonds is 5. The Labute approximate surface area is 117 Å². The van der Waals surface area contributed by atoms with Crippen molar-refractivity contribution in [1.82, 2.24) is 4.98 Å². The molecule has 2 rings (SSSR count). The van der Waals surface area contributed by atoms with Gasteiger partial charge in [-0.1, -0.05) is 13.0 Å². The Kier molecular flexibility index (Phi) is 4.30. The van der Waals surface area contributed by atoms with Gasteiger partial charge in [0.2, 0.25) is 11.8 Å². The van der Waals surface area contributed by atoms with Gasteiger partial charge in [-0.05, 0) is 30.2 Å². The minimum atomic E-state index is -0.418. The van der Waals surface area contributed by atoms with Gasteiger partial charge in [0.05, 0.1) is 11.9 Å². The van der Waals surface area contributed by atoms with E-state index in [0.29, 0.717) is 5.69 Å². The zero-order valence-corrected chi connectivity index (χ0v) is 11.2. The normalized spacial score (nSPS) is 12.1. The lowest BCUT2D eigenvalue weighted by Gasteiger charge is -2.09. The molecule has 5 heteroatoms. The Hall–Kier alpha value is -2.43. The Morgan fingerprint density at radius 3 is 2.95 bits per heavy atom. The first-order valence-electron chi connectivity index (χ1n) is 6.33. The predicted octanol–water partition coefficient (Wildman–Crippen LogP) is 1.89. The molecule has 2 aromatic rings. The minimum absolute atomic E-state index is 0.162. The van der Waals surface area contributed by atoms with Crippen molar-refractivity contribution in [1.29, 1.82) is 0 Å². The van der Waals surface area contributed by atoms with Crippen LogP contribution in [0.5, 0.6) is 0 Å². The Balaban J connectivity index is 2.00.